The van der Waals surface area contributed by atoms with Crippen LogP contribution < -0.4 is 0 Å². The van der Waals surface area contributed by atoms with E-state index in [1.54, 1.807) is 4.90 Å². The molecule has 0 unspecified atom stereocenters. The lowest BCUT2D eigenvalue weighted by Gasteiger charge is -2.29. The van der Waals surface area contributed by atoms with Gasteiger partial charge in [-0.25, -0.2) is 0 Å². The minimum Gasteiger partial charge on any atom is -0.464 e. The van der Waals surface area contributed by atoms with Crippen LogP contribution >= 0.6 is 17.0 Å². The first-order chi connectivity index (χ1) is 23.3. The predicted molar refractivity (Wildman–Crippen MR) is 209 cm³/mol. The zero-order chi connectivity index (χ0) is 35.6. The van der Waals surface area contributed by atoms with Crippen LogP contribution in [0.1, 0.15) is 181 Å². The third-order valence-electron chi connectivity index (χ3n) is 9.43. The topological polar surface area (TPSA) is 93.1 Å². The predicted octanol–water partition coefficient (Wildman–Crippen LogP) is 9.73. The average molecular weight is 765 g/mol. The van der Waals surface area contributed by atoms with E-state index in [-0.39, 0.29) is 54.6 Å². The summed E-state index contributed by atoms with van der Waals surface area (Å²) in [6, 6.07) is 0. The van der Waals surface area contributed by atoms with Crippen LogP contribution in [0.5, 0.6) is 0 Å². The van der Waals surface area contributed by atoms with Crippen LogP contribution in [-0.2, 0) is 23.9 Å². The minimum absolute atomic E-state index is 0. The van der Waals surface area contributed by atoms with Crippen LogP contribution in [0.25, 0.3) is 0 Å². The van der Waals surface area contributed by atoms with Gasteiger partial charge in [-0.15, -0.1) is 17.0 Å². The van der Waals surface area contributed by atoms with E-state index in [2.05, 4.69) is 13.8 Å². The van der Waals surface area contributed by atoms with Gasteiger partial charge in [-0.1, -0.05) is 142 Å². The van der Waals surface area contributed by atoms with Gasteiger partial charge < -0.3 is 24.0 Å². The normalized spacial score (nSPS) is 11.3. The number of aliphatic hydroxyl groups is 1. The van der Waals surface area contributed by atoms with E-state index in [0.29, 0.717) is 49.8 Å². The molecular formula is C40H80BrN2O6+. The van der Waals surface area contributed by atoms with Gasteiger partial charge in [-0.2, -0.15) is 0 Å². The van der Waals surface area contributed by atoms with Crippen molar-refractivity contribution >= 4 is 34.8 Å². The second kappa shape index (κ2) is 36.6. The van der Waals surface area contributed by atoms with Crippen molar-refractivity contribution in [1.82, 2.24) is 4.90 Å². The summed E-state index contributed by atoms with van der Waals surface area (Å²) in [6.45, 7) is 6.94. The number of unbranched alkanes of at least 4 members (excludes halogenated alkanes) is 20. The first-order valence-corrected chi connectivity index (χ1v) is 20.3. The van der Waals surface area contributed by atoms with Crippen LogP contribution in [0.15, 0.2) is 0 Å². The first kappa shape index (κ1) is 49.9. The zero-order valence-corrected chi connectivity index (χ0v) is 34.3. The highest BCUT2D eigenvalue weighted by Crippen LogP contribution is 2.14. The number of nitrogens with zero attached hydrogens (tertiary/aromatic N) is 2. The molecule has 0 aromatic carbocycles. The lowest BCUT2D eigenvalue weighted by atomic mass is 10.1. The highest BCUT2D eigenvalue weighted by molar-refractivity contribution is 8.93. The molecule has 0 aliphatic heterocycles. The van der Waals surface area contributed by atoms with Gasteiger partial charge in [-0.05, 0) is 12.8 Å². The highest BCUT2D eigenvalue weighted by Gasteiger charge is 2.19. The van der Waals surface area contributed by atoms with Crippen molar-refractivity contribution in [3.05, 3.63) is 0 Å². The van der Waals surface area contributed by atoms with Crippen LogP contribution in [0.3, 0.4) is 0 Å². The number of aliphatic hydroxyl groups excluding tert-OH is 1. The number of likely N-dealkylation sites (N-methyl/N-ethyl adjacent to an activating group) is 1. The van der Waals surface area contributed by atoms with Crippen LogP contribution in [0, 0.1) is 0 Å². The summed E-state index contributed by atoms with van der Waals surface area (Å²) in [6.07, 6.45) is 29.1. The Kier molecular flexibility index (Phi) is 37.3. The van der Waals surface area contributed by atoms with Crippen molar-refractivity contribution in [3.8, 4) is 0 Å². The number of halogens is 1. The number of quaternary nitrogens is 1. The summed E-state index contributed by atoms with van der Waals surface area (Å²) >= 11 is 0. The number of esters is 2. The molecule has 9 heteroatoms. The maximum absolute atomic E-state index is 13.1. The summed E-state index contributed by atoms with van der Waals surface area (Å²) in [5.74, 6) is -0.443. The second-order valence-electron chi connectivity index (χ2n) is 14.6. The summed E-state index contributed by atoms with van der Waals surface area (Å²) in [5, 5.41) is 9.29. The Morgan fingerprint density at radius 3 is 1.20 bits per heavy atom. The molecule has 0 bridgehead atoms. The van der Waals surface area contributed by atoms with E-state index in [0.717, 1.165) is 45.1 Å². The molecule has 0 heterocycles. The Hall–Kier alpha value is -1.19. The van der Waals surface area contributed by atoms with Gasteiger partial charge in [0, 0.05) is 25.7 Å². The smallest absolute Gasteiger partial charge is 0.305 e. The SMILES string of the molecule is Br.CCCCCCCCCCCCCC(=O)OCCN(CCOC(=O)CCCCCCCCCCCCC)C(=O)CCC[N+](C)(C)CCO. The van der Waals surface area contributed by atoms with Gasteiger partial charge in [0.1, 0.15) is 19.8 Å². The van der Waals surface area contributed by atoms with Crippen molar-refractivity contribution in [3.63, 3.8) is 0 Å². The van der Waals surface area contributed by atoms with Crippen LogP contribution in [0.4, 0.5) is 0 Å². The van der Waals surface area contributed by atoms with E-state index in [1.807, 2.05) is 14.1 Å². The molecule has 0 aromatic heterocycles. The molecule has 8 nitrogen and oxygen atoms in total. The molecule has 0 aromatic rings. The number of carbonyl (C=O) groups excluding carboxylic acids is 3. The molecule has 0 saturated carbocycles. The molecule has 1 amide bonds. The summed E-state index contributed by atoms with van der Waals surface area (Å²) < 4.78 is 11.6. The average Bonchev–Trinajstić information content (AvgIpc) is 3.05. The fourth-order valence-corrected chi connectivity index (χ4v) is 6.11. The van der Waals surface area contributed by atoms with Crippen molar-refractivity contribution in [2.24, 2.45) is 0 Å². The van der Waals surface area contributed by atoms with Gasteiger partial charge in [-0.3, -0.25) is 14.4 Å². The Morgan fingerprint density at radius 2 is 0.857 bits per heavy atom. The molecule has 1 N–H and O–H groups in total. The summed E-state index contributed by atoms with van der Waals surface area (Å²) in [4.78, 5) is 39.4. The van der Waals surface area contributed by atoms with Gasteiger partial charge in [0.2, 0.25) is 5.91 Å². The lowest BCUT2D eigenvalue weighted by Crippen LogP contribution is -2.43. The molecule has 49 heavy (non-hydrogen) atoms. The number of rotatable bonds is 36. The Labute approximate surface area is 313 Å². The van der Waals surface area contributed by atoms with Crippen LogP contribution in [0.2, 0.25) is 0 Å². The molecule has 0 aliphatic rings. The second-order valence-corrected chi connectivity index (χ2v) is 14.6. The Bertz CT molecular complexity index is 723. The van der Waals surface area contributed by atoms with Gasteiger partial charge in [0.15, 0.2) is 0 Å². The fraction of sp³-hybridized carbons (Fsp3) is 0.925. The lowest BCUT2D eigenvalue weighted by molar-refractivity contribution is -0.890. The quantitative estimate of drug-likeness (QED) is 0.0388. The molecule has 0 saturated heterocycles. The number of ether oxygens (including phenoxy) is 2. The molecular weight excluding hydrogens is 684 g/mol. The van der Waals surface area contributed by atoms with Crippen molar-refractivity contribution in [2.45, 2.75) is 181 Å². The molecule has 0 rings (SSSR count). The molecule has 0 aliphatic carbocycles. The van der Waals surface area contributed by atoms with E-state index < -0.39 is 0 Å². The fourth-order valence-electron chi connectivity index (χ4n) is 6.11. The number of hydrogen-bond donors (Lipinski definition) is 1. The molecule has 0 radical (unpaired) electrons. The first-order valence-electron chi connectivity index (χ1n) is 20.3. The molecule has 0 spiro atoms. The number of carbonyl (C=O) groups is 3. The molecule has 292 valence electrons. The van der Waals surface area contributed by atoms with E-state index in [4.69, 9.17) is 9.47 Å². The van der Waals surface area contributed by atoms with E-state index >= 15 is 0 Å². The standard InChI is InChI=1S/C40H79N2O6.BrH/c1-5-7-9-11-13-15-17-19-21-23-25-29-39(45)47-36-31-41(38(44)28-27-33-42(3,4)34-35-43)32-37-48-40(46)30-26-24-22-20-18-16-14-12-10-8-6-2;/h43H,5-37H2,1-4H3;1H/q+1;. The Balaban J connectivity index is 0. The summed E-state index contributed by atoms with van der Waals surface area (Å²) in [7, 11) is 4.09. The summed E-state index contributed by atoms with van der Waals surface area (Å²) in [5.41, 5.74) is 0. The van der Waals surface area contributed by atoms with Gasteiger partial charge in [0.05, 0.1) is 40.3 Å². The molecule has 0 fully saturated rings. The maximum atomic E-state index is 13.1. The van der Waals surface area contributed by atoms with Gasteiger partial charge in [0.25, 0.3) is 0 Å². The van der Waals surface area contributed by atoms with E-state index in [1.165, 1.54) is 103 Å². The number of hydrogen-bond acceptors (Lipinski definition) is 6. The van der Waals surface area contributed by atoms with Gasteiger partial charge >= 0.3 is 11.9 Å². The molecule has 0 atom stereocenters. The van der Waals surface area contributed by atoms with Crippen molar-refractivity contribution in [2.75, 3.05) is 60.1 Å². The zero-order valence-electron chi connectivity index (χ0n) is 32.6. The maximum Gasteiger partial charge on any atom is 0.305 e. The largest absolute Gasteiger partial charge is 0.464 e. The third-order valence-corrected chi connectivity index (χ3v) is 9.43. The van der Waals surface area contributed by atoms with E-state index in [9.17, 15) is 19.5 Å². The highest BCUT2D eigenvalue weighted by atomic mass is 79.9. The monoisotopic (exact) mass is 764 g/mol. The minimum atomic E-state index is -0.209. The van der Waals surface area contributed by atoms with Crippen LogP contribution in [-0.4, -0.2) is 92.4 Å². The van der Waals surface area contributed by atoms with Crippen molar-refractivity contribution in [1.29, 1.82) is 0 Å². The number of amides is 1. The third kappa shape index (κ3) is 35.0. The Morgan fingerprint density at radius 1 is 0.510 bits per heavy atom. The van der Waals surface area contributed by atoms with Crippen molar-refractivity contribution < 1.29 is 33.4 Å².